The summed E-state index contributed by atoms with van der Waals surface area (Å²) >= 11 is 0. The third-order valence-electron chi connectivity index (χ3n) is 2.09. The van der Waals surface area contributed by atoms with Gasteiger partial charge in [-0.15, -0.1) is 0 Å². The van der Waals surface area contributed by atoms with Crippen LogP contribution in [0.2, 0.25) is 0 Å². The number of hydrogen-bond acceptors (Lipinski definition) is 1. The SMILES string of the molecule is CC[C@@H](C)c1cccc(N)c1. The van der Waals surface area contributed by atoms with E-state index in [1.165, 1.54) is 12.0 Å². The summed E-state index contributed by atoms with van der Waals surface area (Å²) in [6.45, 7) is 4.41. The van der Waals surface area contributed by atoms with Crippen molar-refractivity contribution in [2.45, 2.75) is 26.2 Å². The summed E-state index contributed by atoms with van der Waals surface area (Å²) in [6.07, 6.45) is 1.17. The van der Waals surface area contributed by atoms with E-state index in [0.29, 0.717) is 5.92 Å². The highest BCUT2D eigenvalue weighted by atomic mass is 14.5. The van der Waals surface area contributed by atoms with Crippen LogP contribution in [0.3, 0.4) is 0 Å². The molecule has 1 heteroatoms. The van der Waals surface area contributed by atoms with E-state index < -0.39 is 0 Å². The van der Waals surface area contributed by atoms with Crippen LogP contribution in [0.5, 0.6) is 0 Å². The molecular weight excluding hydrogens is 134 g/mol. The molecule has 2 N–H and O–H groups in total. The predicted molar refractivity (Wildman–Crippen MR) is 49.6 cm³/mol. The fourth-order valence-corrected chi connectivity index (χ4v) is 1.10. The number of hydrogen-bond donors (Lipinski definition) is 1. The molecule has 0 bridgehead atoms. The molecule has 0 saturated carbocycles. The van der Waals surface area contributed by atoms with Crippen molar-refractivity contribution in [2.24, 2.45) is 0 Å². The highest BCUT2D eigenvalue weighted by Gasteiger charge is 2.01. The van der Waals surface area contributed by atoms with Crippen molar-refractivity contribution in [3.05, 3.63) is 29.8 Å². The van der Waals surface area contributed by atoms with E-state index in [0.717, 1.165) is 5.69 Å². The summed E-state index contributed by atoms with van der Waals surface area (Å²) in [5, 5.41) is 0. The van der Waals surface area contributed by atoms with Gasteiger partial charge in [-0.1, -0.05) is 26.0 Å². The molecule has 0 spiro atoms. The smallest absolute Gasteiger partial charge is 0.0316 e. The maximum atomic E-state index is 5.65. The van der Waals surface area contributed by atoms with Crippen molar-refractivity contribution in [3.8, 4) is 0 Å². The van der Waals surface area contributed by atoms with Gasteiger partial charge < -0.3 is 5.73 Å². The van der Waals surface area contributed by atoms with Gasteiger partial charge in [-0.25, -0.2) is 0 Å². The quantitative estimate of drug-likeness (QED) is 0.643. The molecule has 1 rings (SSSR count). The first kappa shape index (κ1) is 8.12. The summed E-state index contributed by atoms with van der Waals surface area (Å²) in [5.41, 5.74) is 7.86. The Hall–Kier alpha value is -0.980. The van der Waals surface area contributed by atoms with E-state index in [4.69, 9.17) is 5.73 Å². The van der Waals surface area contributed by atoms with E-state index in [1.54, 1.807) is 0 Å². The number of benzene rings is 1. The molecule has 0 radical (unpaired) electrons. The normalized spacial score (nSPS) is 12.9. The topological polar surface area (TPSA) is 26.0 Å². The van der Waals surface area contributed by atoms with Gasteiger partial charge in [0.1, 0.15) is 0 Å². The largest absolute Gasteiger partial charge is 0.399 e. The summed E-state index contributed by atoms with van der Waals surface area (Å²) in [6, 6.07) is 8.11. The maximum absolute atomic E-state index is 5.65. The molecule has 0 saturated heterocycles. The lowest BCUT2D eigenvalue weighted by molar-refractivity contribution is 0.734. The molecule has 60 valence electrons. The first-order chi connectivity index (χ1) is 5.24. The lowest BCUT2D eigenvalue weighted by atomic mass is 9.98. The second kappa shape index (κ2) is 3.42. The van der Waals surface area contributed by atoms with Gasteiger partial charge in [-0.05, 0) is 30.0 Å². The monoisotopic (exact) mass is 149 g/mol. The molecule has 0 aliphatic carbocycles. The summed E-state index contributed by atoms with van der Waals surface area (Å²) < 4.78 is 0. The molecule has 1 atom stereocenters. The van der Waals surface area contributed by atoms with Gasteiger partial charge in [-0.3, -0.25) is 0 Å². The molecule has 1 nitrogen and oxygen atoms in total. The Morgan fingerprint density at radius 1 is 1.45 bits per heavy atom. The van der Waals surface area contributed by atoms with E-state index in [9.17, 15) is 0 Å². The van der Waals surface area contributed by atoms with Crippen LogP contribution in [0.15, 0.2) is 24.3 Å². The lowest BCUT2D eigenvalue weighted by Gasteiger charge is -2.08. The molecule has 1 aromatic carbocycles. The Labute approximate surface area is 68.2 Å². The van der Waals surface area contributed by atoms with Crippen molar-refractivity contribution in [1.29, 1.82) is 0 Å². The second-order valence-electron chi connectivity index (χ2n) is 2.98. The second-order valence-corrected chi connectivity index (χ2v) is 2.98. The number of anilines is 1. The zero-order chi connectivity index (χ0) is 8.27. The minimum Gasteiger partial charge on any atom is -0.399 e. The van der Waals surface area contributed by atoms with Crippen LogP contribution >= 0.6 is 0 Å². The van der Waals surface area contributed by atoms with Crippen LogP contribution < -0.4 is 5.73 Å². The van der Waals surface area contributed by atoms with E-state index in [1.807, 2.05) is 18.2 Å². The fourth-order valence-electron chi connectivity index (χ4n) is 1.10. The molecule has 0 heterocycles. The Kier molecular flexibility index (Phi) is 2.53. The molecular formula is C10H15N. The van der Waals surface area contributed by atoms with Crippen molar-refractivity contribution >= 4 is 5.69 Å². The summed E-state index contributed by atoms with van der Waals surface area (Å²) in [4.78, 5) is 0. The van der Waals surface area contributed by atoms with Crippen molar-refractivity contribution in [1.82, 2.24) is 0 Å². The zero-order valence-electron chi connectivity index (χ0n) is 7.17. The highest BCUT2D eigenvalue weighted by Crippen LogP contribution is 2.19. The van der Waals surface area contributed by atoms with Gasteiger partial charge in [-0.2, -0.15) is 0 Å². The lowest BCUT2D eigenvalue weighted by Crippen LogP contribution is -1.92. The number of nitrogens with two attached hydrogens (primary N) is 1. The third kappa shape index (κ3) is 1.97. The maximum Gasteiger partial charge on any atom is 0.0316 e. The first-order valence-corrected chi connectivity index (χ1v) is 4.09. The van der Waals surface area contributed by atoms with Crippen LogP contribution in [0.1, 0.15) is 31.7 Å². The van der Waals surface area contributed by atoms with Gasteiger partial charge in [0, 0.05) is 5.69 Å². The van der Waals surface area contributed by atoms with E-state index in [2.05, 4.69) is 19.9 Å². The van der Waals surface area contributed by atoms with Gasteiger partial charge in [0.05, 0.1) is 0 Å². The van der Waals surface area contributed by atoms with Gasteiger partial charge in [0.25, 0.3) is 0 Å². The van der Waals surface area contributed by atoms with Crippen molar-refractivity contribution < 1.29 is 0 Å². The van der Waals surface area contributed by atoms with Crippen LogP contribution in [-0.4, -0.2) is 0 Å². The Balaban J connectivity index is 2.86. The van der Waals surface area contributed by atoms with Gasteiger partial charge in [0.15, 0.2) is 0 Å². The molecule has 1 aromatic rings. The Morgan fingerprint density at radius 2 is 2.18 bits per heavy atom. The summed E-state index contributed by atoms with van der Waals surface area (Å²) in [5.74, 6) is 0.624. The third-order valence-corrected chi connectivity index (χ3v) is 2.09. The fraction of sp³-hybridized carbons (Fsp3) is 0.400. The molecule has 11 heavy (non-hydrogen) atoms. The van der Waals surface area contributed by atoms with E-state index >= 15 is 0 Å². The van der Waals surface area contributed by atoms with Crippen molar-refractivity contribution in [3.63, 3.8) is 0 Å². The Bertz CT molecular complexity index is 230. The molecule has 0 aliphatic rings. The van der Waals surface area contributed by atoms with Gasteiger partial charge in [0.2, 0.25) is 0 Å². The minimum absolute atomic E-state index is 0.624. The average molecular weight is 149 g/mol. The predicted octanol–water partition coefficient (Wildman–Crippen LogP) is 2.78. The van der Waals surface area contributed by atoms with Crippen molar-refractivity contribution in [2.75, 3.05) is 5.73 Å². The van der Waals surface area contributed by atoms with Crippen LogP contribution in [0.25, 0.3) is 0 Å². The van der Waals surface area contributed by atoms with Crippen LogP contribution in [0.4, 0.5) is 5.69 Å². The Morgan fingerprint density at radius 3 is 2.73 bits per heavy atom. The minimum atomic E-state index is 0.624. The first-order valence-electron chi connectivity index (χ1n) is 4.09. The molecule has 0 fully saturated rings. The van der Waals surface area contributed by atoms with Crippen LogP contribution in [0, 0.1) is 0 Å². The number of nitrogen functional groups attached to an aromatic ring is 1. The summed E-state index contributed by atoms with van der Waals surface area (Å²) in [7, 11) is 0. The highest BCUT2D eigenvalue weighted by molar-refractivity contribution is 5.41. The average Bonchev–Trinajstić information content (AvgIpc) is 2.03. The van der Waals surface area contributed by atoms with E-state index in [-0.39, 0.29) is 0 Å². The number of rotatable bonds is 2. The van der Waals surface area contributed by atoms with Crippen LogP contribution in [-0.2, 0) is 0 Å². The molecule has 0 aromatic heterocycles. The zero-order valence-corrected chi connectivity index (χ0v) is 7.17. The standard InChI is InChI=1S/C10H15N/c1-3-8(2)9-5-4-6-10(11)7-9/h4-8H,3,11H2,1-2H3/t8-/m1/s1. The molecule has 0 unspecified atom stereocenters. The molecule has 0 amide bonds. The molecule has 0 aliphatic heterocycles. The van der Waals surface area contributed by atoms with Gasteiger partial charge >= 0.3 is 0 Å².